The van der Waals surface area contributed by atoms with Crippen molar-refractivity contribution in [2.24, 2.45) is 0 Å². The van der Waals surface area contributed by atoms with Gasteiger partial charge in [-0.2, -0.15) is 0 Å². The van der Waals surface area contributed by atoms with Gasteiger partial charge in [0.25, 0.3) is 0 Å². The first-order chi connectivity index (χ1) is 14.1. The van der Waals surface area contributed by atoms with Crippen molar-refractivity contribution in [2.75, 3.05) is 20.3 Å². The lowest BCUT2D eigenvalue weighted by molar-refractivity contribution is -0.328. The highest BCUT2D eigenvalue weighted by Gasteiger charge is 2.51. The number of rotatable bonds is 7. The van der Waals surface area contributed by atoms with E-state index in [2.05, 4.69) is 10.6 Å². The molecule has 0 radical (unpaired) electrons. The zero-order valence-electron chi connectivity index (χ0n) is 16.9. The van der Waals surface area contributed by atoms with Crippen LogP contribution in [0.2, 0.25) is 0 Å². The summed E-state index contributed by atoms with van der Waals surface area (Å²) in [6.07, 6.45) is -11.0. The Morgan fingerprint density at radius 3 is 2.03 bits per heavy atom. The number of hydrogen-bond donors (Lipinski definition) is 7. The number of carbonyl (C=O) groups is 2. The topological polar surface area (TPSA) is 196 Å². The molecular formula is C17H30N2O11. The molecule has 0 aromatic heterocycles. The number of methoxy groups -OCH3 is 1. The minimum Gasteiger partial charge on any atom is -0.394 e. The van der Waals surface area contributed by atoms with Crippen molar-refractivity contribution < 1.29 is 54.1 Å². The quantitative estimate of drug-likeness (QED) is 0.202. The molecule has 0 bridgehead atoms. The van der Waals surface area contributed by atoms with E-state index >= 15 is 0 Å². The molecule has 0 saturated carbocycles. The van der Waals surface area contributed by atoms with Gasteiger partial charge in [-0.25, -0.2) is 0 Å². The van der Waals surface area contributed by atoms with E-state index in [-0.39, 0.29) is 6.61 Å². The van der Waals surface area contributed by atoms with E-state index in [0.717, 1.165) is 0 Å². The summed E-state index contributed by atoms with van der Waals surface area (Å²) in [5.74, 6) is -1.09. The summed E-state index contributed by atoms with van der Waals surface area (Å²) in [4.78, 5) is 23.0. The monoisotopic (exact) mass is 438 g/mol. The van der Waals surface area contributed by atoms with Crippen LogP contribution in [0.25, 0.3) is 0 Å². The minimum absolute atomic E-state index is 0.106. The molecule has 2 fully saturated rings. The molecule has 2 aliphatic rings. The minimum atomic E-state index is -1.62. The first kappa shape index (κ1) is 24.8. The normalized spacial score (nSPS) is 41.9. The van der Waals surface area contributed by atoms with Gasteiger partial charge in [0.2, 0.25) is 11.8 Å². The Hall–Kier alpha value is -1.42. The highest BCUT2D eigenvalue weighted by molar-refractivity contribution is 5.73. The maximum Gasteiger partial charge on any atom is 0.217 e. The Balaban J connectivity index is 2.27. The first-order valence-corrected chi connectivity index (χ1v) is 9.43. The van der Waals surface area contributed by atoms with Crippen molar-refractivity contribution in [1.82, 2.24) is 10.6 Å². The fourth-order valence-corrected chi connectivity index (χ4v) is 3.53. The van der Waals surface area contributed by atoms with E-state index in [0.29, 0.717) is 0 Å². The van der Waals surface area contributed by atoms with Crippen LogP contribution < -0.4 is 10.6 Å². The lowest BCUT2D eigenvalue weighted by Gasteiger charge is -2.47. The molecule has 7 N–H and O–H groups in total. The van der Waals surface area contributed by atoms with Crippen LogP contribution in [0.1, 0.15) is 13.8 Å². The second-order valence-electron chi connectivity index (χ2n) is 7.27. The van der Waals surface area contributed by atoms with Gasteiger partial charge in [-0.05, 0) is 0 Å². The summed E-state index contributed by atoms with van der Waals surface area (Å²) in [6, 6.07) is -2.51. The molecule has 0 aromatic rings. The van der Waals surface area contributed by atoms with Crippen LogP contribution in [0.4, 0.5) is 0 Å². The number of aliphatic hydroxyl groups is 5. The Morgan fingerprint density at radius 1 is 0.900 bits per heavy atom. The van der Waals surface area contributed by atoms with Gasteiger partial charge in [-0.1, -0.05) is 0 Å². The molecule has 2 amide bonds. The van der Waals surface area contributed by atoms with Crippen molar-refractivity contribution in [1.29, 1.82) is 0 Å². The van der Waals surface area contributed by atoms with Crippen LogP contribution in [0.5, 0.6) is 0 Å². The molecular weight excluding hydrogens is 408 g/mol. The zero-order chi connectivity index (χ0) is 22.6. The lowest BCUT2D eigenvalue weighted by atomic mass is 9.94. The van der Waals surface area contributed by atoms with Crippen molar-refractivity contribution in [3.63, 3.8) is 0 Å². The number of ether oxygens (including phenoxy) is 4. The molecule has 174 valence electrons. The highest BCUT2D eigenvalue weighted by atomic mass is 16.7. The van der Waals surface area contributed by atoms with E-state index in [1.807, 2.05) is 0 Å². The van der Waals surface area contributed by atoms with Gasteiger partial charge >= 0.3 is 0 Å². The number of nitrogens with one attached hydrogen (secondary N) is 2. The number of aliphatic hydroxyl groups excluding tert-OH is 5. The molecule has 0 aliphatic carbocycles. The Bertz CT molecular complexity index is 594. The van der Waals surface area contributed by atoms with E-state index in [1.54, 1.807) is 0 Å². The fourth-order valence-electron chi connectivity index (χ4n) is 3.53. The summed E-state index contributed by atoms with van der Waals surface area (Å²) in [5, 5.41) is 55.8. The molecule has 0 spiro atoms. The second kappa shape index (κ2) is 10.7. The second-order valence-corrected chi connectivity index (χ2v) is 7.27. The van der Waals surface area contributed by atoms with E-state index in [4.69, 9.17) is 18.9 Å². The van der Waals surface area contributed by atoms with Crippen LogP contribution in [-0.4, -0.2) is 119 Å². The molecule has 0 unspecified atom stereocenters. The van der Waals surface area contributed by atoms with Gasteiger partial charge in [0.1, 0.15) is 48.7 Å². The summed E-state index contributed by atoms with van der Waals surface area (Å²) < 4.78 is 21.6. The lowest BCUT2D eigenvalue weighted by Crippen LogP contribution is -2.69. The number of hydrogen-bond acceptors (Lipinski definition) is 11. The average Bonchev–Trinajstić information content (AvgIpc) is 2.67. The molecule has 30 heavy (non-hydrogen) atoms. The summed E-state index contributed by atoms with van der Waals surface area (Å²) >= 11 is 0. The zero-order valence-corrected chi connectivity index (χ0v) is 16.9. The maximum atomic E-state index is 11.6. The van der Waals surface area contributed by atoms with Gasteiger partial charge < -0.3 is 55.1 Å². The van der Waals surface area contributed by atoms with Gasteiger partial charge in [0.05, 0.1) is 13.2 Å². The van der Waals surface area contributed by atoms with E-state index in [9.17, 15) is 35.1 Å². The number of carbonyl (C=O) groups excluding carboxylic acids is 2. The SMILES string of the molecule is COC[C@H]1O[C@H](O[C@H]2[C@@H](O)[C@@H](NC(C)=O)[C@H](O)O[C@@H]2CO)[C@H](NC(C)=O)[C@H](O)[C@@H]1O. The molecule has 2 aliphatic heterocycles. The van der Waals surface area contributed by atoms with Crippen LogP contribution >= 0.6 is 0 Å². The molecule has 13 heteroatoms. The molecule has 2 heterocycles. The van der Waals surface area contributed by atoms with Gasteiger partial charge in [-0.3, -0.25) is 9.59 Å². The molecule has 10 atom stereocenters. The third-order valence-corrected chi connectivity index (χ3v) is 4.94. The van der Waals surface area contributed by atoms with Crippen LogP contribution in [0.3, 0.4) is 0 Å². The van der Waals surface area contributed by atoms with Crippen LogP contribution in [-0.2, 0) is 28.5 Å². The third-order valence-electron chi connectivity index (χ3n) is 4.94. The van der Waals surface area contributed by atoms with Crippen molar-refractivity contribution in [3.05, 3.63) is 0 Å². The number of amides is 2. The molecule has 13 nitrogen and oxygen atoms in total. The molecule has 2 rings (SSSR count). The van der Waals surface area contributed by atoms with E-state index in [1.165, 1.54) is 21.0 Å². The Morgan fingerprint density at radius 2 is 1.50 bits per heavy atom. The summed E-state index contributed by atoms with van der Waals surface area (Å²) in [5.41, 5.74) is 0. The standard InChI is InChI=1S/C17H30N2O11/c1-6(21)18-10-14(25)15(8(4-20)28-16(10)26)30-17-11(19-7(2)22)13(24)12(23)9(29-17)5-27-3/h8-17,20,23-26H,4-5H2,1-3H3,(H,18,21)(H,19,22)/t8-,9-,10-,11-,12-,13+,14+,15-,16-,17-/m1/s1. The highest BCUT2D eigenvalue weighted by Crippen LogP contribution is 2.29. The average molecular weight is 438 g/mol. The van der Waals surface area contributed by atoms with Crippen molar-refractivity contribution in [2.45, 2.75) is 75.1 Å². The van der Waals surface area contributed by atoms with Gasteiger partial charge in [0, 0.05) is 21.0 Å². The van der Waals surface area contributed by atoms with E-state index < -0.39 is 79.7 Å². The predicted octanol–water partition coefficient (Wildman–Crippen LogP) is -4.46. The smallest absolute Gasteiger partial charge is 0.217 e. The fraction of sp³-hybridized carbons (Fsp3) is 0.882. The Labute approximate surface area is 172 Å². The van der Waals surface area contributed by atoms with Crippen LogP contribution in [0.15, 0.2) is 0 Å². The van der Waals surface area contributed by atoms with Crippen molar-refractivity contribution in [3.8, 4) is 0 Å². The van der Waals surface area contributed by atoms with Crippen molar-refractivity contribution >= 4 is 11.8 Å². The molecule has 0 aromatic carbocycles. The predicted molar refractivity (Wildman–Crippen MR) is 96.6 cm³/mol. The summed E-state index contributed by atoms with van der Waals surface area (Å²) in [6.45, 7) is 1.61. The Kier molecular flexibility index (Phi) is 8.90. The summed E-state index contributed by atoms with van der Waals surface area (Å²) in [7, 11) is 1.36. The van der Waals surface area contributed by atoms with Crippen LogP contribution in [0, 0.1) is 0 Å². The molecule has 2 saturated heterocycles. The third kappa shape index (κ3) is 5.63. The van der Waals surface area contributed by atoms with Gasteiger partial charge in [-0.15, -0.1) is 0 Å². The maximum absolute atomic E-state index is 11.6. The van der Waals surface area contributed by atoms with Gasteiger partial charge in [0.15, 0.2) is 12.6 Å². The first-order valence-electron chi connectivity index (χ1n) is 9.43. The largest absolute Gasteiger partial charge is 0.394 e.